The van der Waals surface area contributed by atoms with Gasteiger partial charge in [0, 0.05) is 18.0 Å². The summed E-state index contributed by atoms with van der Waals surface area (Å²) in [5.41, 5.74) is 10.3. The fourth-order valence-electron chi connectivity index (χ4n) is 1.13. The summed E-state index contributed by atoms with van der Waals surface area (Å²) in [4.78, 5) is 10.5. The predicted molar refractivity (Wildman–Crippen MR) is 47.1 cm³/mol. The van der Waals surface area contributed by atoms with E-state index in [1.165, 1.54) is 0 Å². The fourth-order valence-corrected chi connectivity index (χ4v) is 1.13. The highest BCUT2D eigenvalue weighted by atomic mass is 19.1. The molecule has 0 saturated carbocycles. The Morgan fingerprint density at radius 1 is 1.43 bits per heavy atom. The van der Waals surface area contributed by atoms with Crippen LogP contribution in [0.2, 0.25) is 0 Å². The molecular weight excluding hydrogens is 190 g/mol. The number of halogens is 2. The maximum absolute atomic E-state index is 13.1. The zero-order chi connectivity index (χ0) is 10.7. The molecule has 14 heavy (non-hydrogen) atoms. The van der Waals surface area contributed by atoms with Crippen molar-refractivity contribution in [1.82, 2.24) is 0 Å². The molecule has 0 fully saturated rings. The van der Waals surface area contributed by atoms with E-state index in [4.69, 9.17) is 11.5 Å². The zero-order valence-corrected chi connectivity index (χ0v) is 7.34. The SMILES string of the molecule is NC(=O)C[C@H](N)c1cc(F)ccc1F. The Kier molecular flexibility index (Phi) is 3.14. The van der Waals surface area contributed by atoms with Gasteiger partial charge >= 0.3 is 0 Å². The third-order valence-electron chi connectivity index (χ3n) is 1.78. The summed E-state index contributed by atoms with van der Waals surface area (Å²) in [6.07, 6.45) is -0.208. The van der Waals surface area contributed by atoms with Gasteiger partial charge in [-0.05, 0) is 18.2 Å². The number of carbonyl (C=O) groups excluding carboxylic acids is 1. The lowest BCUT2D eigenvalue weighted by Gasteiger charge is -2.10. The van der Waals surface area contributed by atoms with Gasteiger partial charge in [-0.2, -0.15) is 0 Å². The summed E-state index contributed by atoms with van der Waals surface area (Å²) >= 11 is 0. The quantitative estimate of drug-likeness (QED) is 0.759. The third kappa shape index (κ3) is 2.50. The van der Waals surface area contributed by atoms with Crippen molar-refractivity contribution in [2.75, 3.05) is 0 Å². The minimum absolute atomic E-state index is 0.0381. The largest absolute Gasteiger partial charge is 0.370 e. The zero-order valence-electron chi connectivity index (χ0n) is 7.34. The smallest absolute Gasteiger partial charge is 0.219 e. The van der Waals surface area contributed by atoms with Gasteiger partial charge in [0.1, 0.15) is 11.6 Å². The molecule has 0 aromatic heterocycles. The van der Waals surface area contributed by atoms with E-state index in [2.05, 4.69) is 0 Å². The summed E-state index contributed by atoms with van der Waals surface area (Å²) in [6.45, 7) is 0. The number of primary amides is 1. The standard InChI is InChI=1S/C9H10F2N2O/c10-5-1-2-7(11)6(3-5)8(12)4-9(13)14/h1-3,8H,4,12H2,(H2,13,14)/t8-/m0/s1. The van der Waals surface area contributed by atoms with Crippen molar-refractivity contribution < 1.29 is 13.6 Å². The van der Waals surface area contributed by atoms with Crippen molar-refractivity contribution in [1.29, 1.82) is 0 Å². The molecule has 5 heteroatoms. The number of rotatable bonds is 3. The minimum atomic E-state index is -0.900. The topological polar surface area (TPSA) is 69.1 Å². The summed E-state index contributed by atoms with van der Waals surface area (Å²) < 4.78 is 25.8. The van der Waals surface area contributed by atoms with Crippen LogP contribution in [0.5, 0.6) is 0 Å². The lowest BCUT2D eigenvalue weighted by molar-refractivity contribution is -0.118. The van der Waals surface area contributed by atoms with Gasteiger partial charge in [0.25, 0.3) is 0 Å². The van der Waals surface area contributed by atoms with Crippen LogP contribution in [0.25, 0.3) is 0 Å². The lowest BCUT2D eigenvalue weighted by atomic mass is 10.0. The molecule has 0 aliphatic heterocycles. The Bertz CT molecular complexity index is 355. The maximum Gasteiger partial charge on any atom is 0.219 e. The van der Waals surface area contributed by atoms with Gasteiger partial charge in [-0.3, -0.25) is 4.79 Å². The Labute approximate surface area is 79.7 Å². The van der Waals surface area contributed by atoms with Crippen molar-refractivity contribution in [3.8, 4) is 0 Å². The summed E-state index contributed by atoms with van der Waals surface area (Å²) in [7, 11) is 0. The summed E-state index contributed by atoms with van der Waals surface area (Å²) in [5.74, 6) is -1.89. The average molecular weight is 200 g/mol. The van der Waals surface area contributed by atoms with Crippen molar-refractivity contribution in [2.45, 2.75) is 12.5 Å². The van der Waals surface area contributed by atoms with Gasteiger partial charge in [0.05, 0.1) is 0 Å². The fraction of sp³-hybridized carbons (Fsp3) is 0.222. The third-order valence-corrected chi connectivity index (χ3v) is 1.78. The second kappa shape index (κ2) is 4.15. The number of hydrogen-bond donors (Lipinski definition) is 2. The van der Waals surface area contributed by atoms with Crippen molar-refractivity contribution in [3.05, 3.63) is 35.4 Å². The van der Waals surface area contributed by atoms with E-state index in [0.29, 0.717) is 0 Å². The van der Waals surface area contributed by atoms with Crippen LogP contribution in [-0.4, -0.2) is 5.91 Å². The Balaban J connectivity index is 2.93. The number of amides is 1. The number of hydrogen-bond acceptors (Lipinski definition) is 2. The van der Waals surface area contributed by atoms with Gasteiger partial charge < -0.3 is 11.5 Å². The molecule has 0 aliphatic carbocycles. The lowest BCUT2D eigenvalue weighted by Crippen LogP contribution is -2.21. The Morgan fingerprint density at radius 3 is 2.64 bits per heavy atom. The molecule has 4 N–H and O–H groups in total. The minimum Gasteiger partial charge on any atom is -0.370 e. The molecule has 1 amide bonds. The van der Waals surface area contributed by atoms with E-state index in [1.54, 1.807) is 0 Å². The normalized spacial score (nSPS) is 12.5. The van der Waals surface area contributed by atoms with E-state index >= 15 is 0 Å². The first-order valence-electron chi connectivity index (χ1n) is 3.99. The van der Waals surface area contributed by atoms with Gasteiger partial charge in [-0.15, -0.1) is 0 Å². The van der Waals surface area contributed by atoms with Crippen molar-refractivity contribution in [2.24, 2.45) is 11.5 Å². The van der Waals surface area contributed by atoms with Crippen LogP contribution in [0.15, 0.2) is 18.2 Å². The molecule has 0 bridgehead atoms. The van der Waals surface area contributed by atoms with Gasteiger partial charge in [0.2, 0.25) is 5.91 Å². The summed E-state index contributed by atoms with van der Waals surface area (Å²) in [6, 6.07) is 2.01. The maximum atomic E-state index is 13.1. The molecule has 0 unspecified atom stereocenters. The van der Waals surface area contributed by atoms with E-state index in [-0.39, 0.29) is 12.0 Å². The van der Waals surface area contributed by atoms with Crippen LogP contribution in [0, 0.1) is 11.6 Å². The molecule has 3 nitrogen and oxygen atoms in total. The molecule has 0 spiro atoms. The van der Waals surface area contributed by atoms with Crippen LogP contribution < -0.4 is 11.5 Å². The van der Waals surface area contributed by atoms with E-state index in [9.17, 15) is 13.6 Å². The van der Waals surface area contributed by atoms with E-state index < -0.39 is 23.6 Å². The molecule has 1 aromatic rings. The number of benzene rings is 1. The molecule has 0 aliphatic rings. The van der Waals surface area contributed by atoms with Crippen LogP contribution in [0.3, 0.4) is 0 Å². The van der Waals surface area contributed by atoms with Crippen molar-refractivity contribution >= 4 is 5.91 Å². The first kappa shape index (κ1) is 10.6. The van der Waals surface area contributed by atoms with Crippen LogP contribution >= 0.6 is 0 Å². The van der Waals surface area contributed by atoms with Crippen molar-refractivity contribution in [3.63, 3.8) is 0 Å². The van der Waals surface area contributed by atoms with Crippen LogP contribution in [0.4, 0.5) is 8.78 Å². The molecule has 76 valence electrons. The monoisotopic (exact) mass is 200 g/mol. The first-order valence-corrected chi connectivity index (χ1v) is 3.99. The molecule has 0 heterocycles. The molecule has 0 saturated heterocycles. The molecule has 1 aromatic carbocycles. The highest BCUT2D eigenvalue weighted by Gasteiger charge is 2.14. The highest BCUT2D eigenvalue weighted by molar-refractivity contribution is 5.74. The van der Waals surface area contributed by atoms with Crippen LogP contribution in [0.1, 0.15) is 18.0 Å². The summed E-state index contributed by atoms with van der Waals surface area (Å²) in [5, 5.41) is 0. The Hall–Kier alpha value is -1.49. The van der Waals surface area contributed by atoms with E-state index in [1.807, 2.05) is 0 Å². The number of nitrogens with two attached hydrogens (primary N) is 2. The van der Waals surface area contributed by atoms with E-state index in [0.717, 1.165) is 18.2 Å². The average Bonchev–Trinajstić information content (AvgIpc) is 2.08. The molecular formula is C9H10F2N2O. The predicted octanol–water partition coefficient (Wildman–Crippen LogP) is 0.840. The first-order chi connectivity index (χ1) is 6.50. The van der Waals surface area contributed by atoms with Gasteiger partial charge in [0.15, 0.2) is 0 Å². The molecule has 1 rings (SSSR count). The van der Waals surface area contributed by atoms with Gasteiger partial charge in [-0.25, -0.2) is 8.78 Å². The van der Waals surface area contributed by atoms with Crippen LogP contribution in [-0.2, 0) is 4.79 Å². The molecule has 0 radical (unpaired) electrons. The second-order valence-electron chi connectivity index (χ2n) is 2.94. The highest BCUT2D eigenvalue weighted by Crippen LogP contribution is 2.18. The molecule has 1 atom stereocenters. The number of carbonyl (C=O) groups is 1. The van der Waals surface area contributed by atoms with Gasteiger partial charge in [-0.1, -0.05) is 0 Å². The Morgan fingerprint density at radius 2 is 2.07 bits per heavy atom. The second-order valence-corrected chi connectivity index (χ2v) is 2.94.